The summed E-state index contributed by atoms with van der Waals surface area (Å²) in [6, 6.07) is 7.54. The molecular formula is C16H24N2O3. The predicted octanol–water partition coefficient (Wildman–Crippen LogP) is 2.13. The van der Waals surface area contributed by atoms with Gasteiger partial charge in [0.2, 0.25) is 5.91 Å². The molecule has 0 radical (unpaired) electrons. The Labute approximate surface area is 126 Å². The minimum absolute atomic E-state index is 0.0151. The molecule has 0 bridgehead atoms. The fraction of sp³-hybridized carbons (Fsp3) is 0.562. The zero-order valence-corrected chi connectivity index (χ0v) is 12.8. The number of benzene rings is 1. The quantitative estimate of drug-likeness (QED) is 0.872. The second kappa shape index (κ2) is 8.00. The fourth-order valence-corrected chi connectivity index (χ4v) is 2.22. The maximum Gasteiger partial charge on any atom is 0.225 e. The third-order valence-electron chi connectivity index (χ3n) is 3.28. The third-order valence-corrected chi connectivity index (χ3v) is 3.28. The van der Waals surface area contributed by atoms with Gasteiger partial charge in [0.1, 0.15) is 5.75 Å². The Morgan fingerprint density at radius 3 is 2.76 bits per heavy atom. The van der Waals surface area contributed by atoms with Crippen LogP contribution in [0.3, 0.4) is 0 Å². The van der Waals surface area contributed by atoms with Crippen LogP contribution in [0.4, 0.5) is 5.69 Å². The average molecular weight is 292 g/mol. The van der Waals surface area contributed by atoms with Gasteiger partial charge in [-0.25, -0.2) is 0 Å². The van der Waals surface area contributed by atoms with Crippen LogP contribution in [0, 0.1) is 0 Å². The molecule has 0 saturated carbocycles. The lowest BCUT2D eigenvalue weighted by Crippen LogP contribution is -2.38. The number of amides is 1. The molecule has 1 saturated heterocycles. The highest BCUT2D eigenvalue weighted by Crippen LogP contribution is 2.24. The monoisotopic (exact) mass is 292 g/mol. The number of nitrogens with one attached hydrogen (secondary N) is 1. The summed E-state index contributed by atoms with van der Waals surface area (Å²) in [6.07, 6.45) is 0.562. The molecule has 1 fully saturated rings. The first-order valence-corrected chi connectivity index (χ1v) is 7.51. The smallest absolute Gasteiger partial charge is 0.225 e. The second-order valence-corrected chi connectivity index (χ2v) is 5.41. The molecule has 1 aliphatic heterocycles. The lowest BCUT2D eigenvalue weighted by molar-refractivity contribution is -0.116. The first-order chi connectivity index (χ1) is 10.1. The van der Waals surface area contributed by atoms with Crippen LogP contribution in [0.25, 0.3) is 0 Å². The summed E-state index contributed by atoms with van der Waals surface area (Å²) in [4.78, 5) is 14.3. The Morgan fingerprint density at radius 2 is 2.05 bits per heavy atom. The number of nitrogens with zero attached hydrogens (tertiary/aromatic N) is 1. The average Bonchev–Trinajstić information content (AvgIpc) is 2.48. The predicted molar refractivity (Wildman–Crippen MR) is 82.7 cm³/mol. The lowest BCUT2D eigenvalue weighted by atomic mass is 10.2. The maximum atomic E-state index is 12.1. The van der Waals surface area contributed by atoms with Crippen LogP contribution in [-0.2, 0) is 9.53 Å². The number of carbonyl (C=O) groups is 1. The van der Waals surface area contributed by atoms with Crippen molar-refractivity contribution in [3.8, 4) is 5.75 Å². The van der Waals surface area contributed by atoms with E-state index in [9.17, 15) is 4.79 Å². The van der Waals surface area contributed by atoms with Crippen LogP contribution in [0.2, 0.25) is 0 Å². The molecule has 1 aromatic carbocycles. The summed E-state index contributed by atoms with van der Waals surface area (Å²) in [5, 5.41) is 2.93. The Morgan fingerprint density at radius 1 is 1.33 bits per heavy atom. The van der Waals surface area contributed by atoms with Crippen molar-refractivity contribution in [3.63, 3.8) is 0 Å². The van der Waals surface area contributed by atoms with Gasteiger partial charge < -0.3 is 14.8 Å². The van der Waals surface area contributed by atoms with Gasteiger partial charge in [-0.05, 0) is 26.0 Å². The molecule has 5 heteroatoms. The molecule has 0 aromatic heterocycles. The van der Waals surface area contributed by atoms with Crippen molar-refractivity contribution in [1.82, 2.24) is 4.90 Å². The molecule has 0 spiro atoms. The largest absolute Gasteiger partial charge is 0.489 e. The van der Waals surface area contributed by atoms with Gasteiger partial charge in [0, 0.05) is 26.1 Å². The van der Waals surface area contributed by atoms with Crippen molar-refractivity contribution in [2.45, 2.75) is 26.4 Å². The molecule has 1 N–H and O–H groups in total. The molecule has 21 heavy (non-hydrogen) atoms. The first-order valence-electron chi connectivity index (χ1n) is 7.51. The van der Waals surface area contributed by atoms with E-state index in [0.29, 0.717) is 12.2 Å². The molecular weight excluding hydrogens is 268 g/mol. The first kappa shape index (κ1) is 15.8. The van der Waals surface area contributed by atoms with Gasteiger partial charge in [0.25, 0.3) is 0 Å². The molecule has 5 nitrogen and oxygen atoms in total. The van der Waals surface area contributed by atoms with Crippen LogP contribution in [0.1, 0.15) is 20.3 Å². The standard InChI is InChI=1S/C16H24N2O3/c1-13(2)21-15-6-4-3-5-14(15)17-16(19)7-8-18-9-11-20-12-10-18/h3-6,13H,7-12H2,1-2H3,(H,17,19). The summed E-state index contributed by atoms with van der Waals surface area (Å²) >= 11 is 0. The van der Waals surface area contributed by atoms with Crippen LogP contribution in [0.5, 0.6) is 5.75 Å². The highest BCUT2D eigenvalue weighted by atomic mass is 16.5. The molecule has 0 aliphatic carbocycles. The summed E-state index contributed by atoms with van der Waals surface area (Å²) in [7, 11) is 0. The van der Waals surface area contributed by atoms with Crippen molar-refractivity contribution in [2.75, 3.05) is 38.2 Å². The molecule has 1 amide bonds. The highest BCUT2D eigenvalue weighted by molar-refractivity contribution is 5.92. The summed E-state index contributed by atoms with van der Waals surface area (Å²) in [5.74, 6) is 0.730. The molecule has 0 unspecified atom stereocenters. The summed E-state index contributed by atoms with van der Waals surface area (Å²) in [5.41, 5.74) is 0.734. The van der Waals surface area contributed by atoms with E-state index in [-0.39, 0.29) is 12.0 Å². The van der Waals surface area contributed by atoms with Crippen molar-refractivity contribution in [1.29, 1.82) is 0 Å². The molecule has 0 atom stereocenters. The SMILES string of the molecule is CC(C)Oc1ccccc1NC(=O)CCN1CCOCC1. The van der Waals surface area contributed by atoms with E-state index in [4.69, 9.17) is 9.47 Å². The highest BCUT2D eigenvalue weighted by Gasteiger charge is 2.13. The molecule has 1 heterocycles. The topological polar surface area (TPSA) is 50.8 Å². The number of carbonyl (C=O) groups excluding carboxylic acids is 1. The molecule has 116 valence electrons. The Hall–Kier alpha value is -1.59. The number of ether oxygens (including phenoxy) is 2. The van der Waals surface area contributed by atoms with Crippen LogP contribution in [0.15, 0.2) is 24.3 Å². The van der Waals surface area contributed by atoms with E-state index in [0.717, 1.165) is 38.5 Å². The number of morpholine rings is 1. The summed E-state index contributed by atoms with van der Waals surface area (Å²) < 4.78 is 11.0. The second-order valence-electron chi connectivity index (χ2n) is 5.41. The van der Waals surface area contributed by atoms with E-state index in [1.165, 1.54) is 0 Å². The normalized spacial score (nSPS) is 16.0. The van der Waals surface area contributed by atoms with Crippen molar-refractivity contribution < 1.29 is 14.3 Å². The Kier molecular flexibility index (Phi) is 6.02. The Balaban J connectivity index is 1.84. The van der Waals surface area contributed by atoms with E-state index >= 15 is 0 Å². The molecule has 1 aliphatic rings. The number of hydrogen-bond donors (Lipinski definition) is 1. The number of para-hydroxylation sites is 2. The van der Waals surface area contributed by atoms with Gasteiger partial charge in [-0.3, -0.25) is 9.69 Å². The lowest BCUT2D eigenvalue weighted by Gasteiger charge is -2.26. The van der Waals surface area contributed by atoms with Crippen LogP contribution in [-0.4, -0.2) is 49.8 Å². The van der Waals surface area contributed by atoms with Crippen molar-refractivity contribution in [2.24, 2.45) is 0 Å². The van der Waals surface area contributed by atoms with Crippen molar-refractivity contribution >= 4 is 11.6 Å². The number of hydrogen-bond acceptors (Lipinski definition) is 4. The molecule has 1 aromatic rings. The zero-order valence-electron chi connectivity index (χ0n) is 12.8. The maximum absolute atomic E-state index is 12.1. The number of rotatable bonds is 6. The van der Waals surface area contributed by atoms with E-state index in [1.807, 2.05) is 38.1 Å². The van der Waals surface area contributed by atoms with Gasteiger partial charge in [-0.1, -0.05) is 12.1 Å². The van der Waals surface area contributed by atoms with Crippen LogP contribution >= 0.6 is 0 Å². The Bertz CT molecular complexity index is 457. The number of anilines is 1. The minimum Gasteiger partial charge on any atom is -0.489 e. The third kappa shape index (κ3) is 5.36. The summed E-state index contributed by atoms with van der Waals surface area (Å²) in [6.45, 7) is 8.02. The van der Waals surface area contributed by atoms with Crippen molar-refractivity contribution in [3.05, 3.63) is 24.3 Å². The van der Waals surface area contributed by atoms with Gasteiger partial charge in [0.05, 0.1) is 25.0 Å². The van der Waals surface area contributed by atoms with E-state index in [2.05, 4.69) is 10.2 Å². The van der Waals surface area contributed by atoms with E-state index < -0.39 is 0 Å². The van der Waals surface area contributed by atoms with Crippen LogP contribution < -0.4 is 10.1 Å². The van der Waals surface area contributed by atoms with E-state index in [1.54, 1.807) is 0 Å². The van der Waals surface area contributed by atoms with Gasteiger partial charge in [-0.2, -0.15) is 0 Å². The minimum atomic E-state index is 0.0151. The van der Waals surface area contributed by atoms with Gasteiger partial charge >= 0.3 is 0 Å². The zero-order chi connectivity index (χ0) is 15.1. The fourth-order valence-electron chi connectivity index (χ4n) is 2.22. The molecule has 2 rings (SSSR count). The van der Waals surface area contributed by atoms with Gasteiger partial charge in [0.15, 0.2) is 0 Å². The van der Waals surface area contributed by atoms with Gasteiger partial charge in [-0.15, -0.1) is 0 Å².